The molecule has 13 heavy (non-hydrogen) atoms. The van der Waals surface area contributed by atoms with Crippen LogP contribution in [0.15, 0.2) is 30.3 Å². The molecular formula is C10H11FNO. The zero-order chi connectivity index (χ0) is 9.68. The molecule has 1 aromatic rings. The van der Waals surface area contributed by atoms with Crippen molar-refractivity contribution in [1.82, 2.24) is 5.32 Å². The maximum atomic E-state index is 12.7. The van der Waals surface area contributed by atoms with E-state index in [-0.39, 0.29) is 6.42 Å². The molecule has 69 valence electrons. The fourth-order valence-electron chi connectivity index (χ4n) is 0.873. The number of carbonyl (C=O) groups excluding carboxylic acids is 1. The Morgan fingerprint density at radius 3 is 2.54 bits per heavy atom. The lowest BCUT2D eigenvalue weighted by Gasteiger charge is -2.05. The van der Waals surface area contributed by atoms with Gasteiger partial charge in [-0.1, -0.05) is 25.1 Å². The molecule has 0 aromatic heterocycles. The SMILES string of the molecule is CC[C](F)NC(=O)c1ccccc1. The molecule has 1 N–H and O–H groups in total. The van der Waals surface area contributed by atoms with Crippen LogP contribution >= 0.6 is 0 Å². The topological polar surface area (TPSA) is 29.1 Å². The van der Waals surface area contributed by atoms with E-state index < -0.39 is 12.2 Å². The highest BCUT2D eigenvalue weighted by Gasteiger charge is 2.10. The molecule has 1 rings (SSSR count). The van der Waals surface area contributed by atoms with E-state index in [1.807, 2.05) is 0 Å². The van der Waals surface area contributed by atoms with Gasteiger partial charge in [-0.15, -0.1) is 0 Å². The van der Waals surface area contributed by atoms with Gasteiger partial charge in [0.25, 0.3) is 5.91 Å². The summed E-state index contributed by atoms with van der Waals surface area (Å²) >= 11 is 0. The summed E-state index contributed by atoms with van der Waals surface area (Å²) < 4.78 is 12.7. The number of carbonyl (C=O) groups is 1. The molecule has 1 amide bonds. The number of hydrogen-bond acceptors (Lipinski definition) is 1. The summed E-state index contributed by atoms with van der Waals surface area (Å²) in [5.41, 5.74) is 0.464. The van der Waals surface area contributed by atoms with Crippen LogP contribution in [0.1, 0.15) is 23.7 Å². The highest BCUT2D eigenvalue weighted by atomic mass is 19.1. The van der Waals surface area contributed by atoms with Crippen molar-refractivity contribution in [2.45, 2.75) is 13.3 Å². The molecule has 0 saturated carbocycles. The van der Waals surface area contributed by atoms with Crippen LogP contribution in [0.5, 0.6) is 0 Å². The molecule has 0 aliphatic carbocycles. The normalized spacial score (nSPS) is 10.1. The lowest BCUT2D eigenvalue weighted by molar-refractivity contribution is 0.0937. The van der Waals surface area contributed by atoms with Crippen LogP contribution < -0.4 is 5.32 Å². The molecule has 1 aromatic carbocycles. The first kappa shape index (κ1) is 9.71. The zero-order valence-electron chi connectivity index (χ0n) is 7.38. The van der Waals surface area contributed by atoms with Crippen LogP contribution in [-0.2, 0) is 0 Å². The summed E-state index contributed by atoms with van der Waals surface area (Å²) in [6.07, 6.45) is -0.299. The summed E-state index contributed by atoms with van der Waals surface area (Å²) in [5, 5.41) is 2.16. The molecule has 0 aliphatic heterocycles. The summed E-state index contributed by atoms with van der Waals surface area (Å²) in [6.45, 7) is 1.64. The third-order valence-corrected chi connectivity index (χ3v) is 1.60. The van der Waals surface area contributed by atoms with Crippen LogP contribution in [0, 0.1) is 6.30 Å². The molecule has 0 bridgehead atoms. The Morgan fingerprint density at radius 2 is 2.00 bits per heavy atom. The van der Waals surface area contributed by atoms with Crippen LogP contribution in [0.2, 0.25) is 0 Å². The summed E-state index contributed by atoms with van der Waals surface area (Å²) in [4.78, 5) is 11.2. The minimum atomic E-state index is -0.506. The van der Waals surface area contributed by atoms with Crippen molar-refractivity contribution < 1.29 is 9.18 Å². The molecule has 0 saturated heterocycles. The number of amides is 1. The Bertz CT molecular complexity index is 274. The molecule has 0 unspecified atom stereocenters. The van der Waals surface area contributed by atoms with E-state index in [0.717, 1.165) is 0 Å². The van der Waals surface area contributed by atoms with Gasteiger partial charge in [0.1, 0.15) is 0 Å². The highest BCUT2D eigenvalue weighted by Crippen LogP contribution is 2.04. The van der Waals surface area contributed by atoms with E-state index in [9.17, 15) is 9.18 Å². The van der Waals surface area contributed by atoms with Crippen molar-refractivity contribution in [3.05, 3.63) is 42.2 Å². The Balaban J connectivity index is 2.59. The average Bonchev–Trinajstić information content (AvgIpc) is 2.19. The van der Waals surface area contributed by atoms with Crippen LogP contribution in [0.25, 0.3) is 0 Å². The van der Waals surface area contributed by atoms with Gasteiger partial charge >= 0.3 is 0 Å². The summed E-state index contributed by atoms with van der Waals surface area (Å²) in [7, 11) is 0. The third-order valence-electron chi connectivity index (χ3n) is 1.60. The maximum Gasteiger partial charge on any atom is 0.253 e. The van der Waals surface area contributed by atoms with Crippen molar-refractivity contribution >= 4 is 5.91 Å². The standard InChI is InChI=1S/C10H11FNO/c1-2-9(11)12-10(13)8-6-4-3-5-7-8/h3-7H,2H2,1H3,(H,12,13). The van der Waals surface area contributed by atoms with Crippen molar-refractivity contribution in [3.8, 4) is 0 Å². The molecule has 0 fully saturated rings. The minimum absolute atomic E-state index is 0.207. The lowest BCUT2D eigenvalue weighted by Crippen LogP contribution is -2.25. The summed E-state index contributed by atoms with van der Waals surface area (Å²) in [5.74, 6) is -0.403. The van der Waals surface area contributed by atoms with Gasteiger partial charge in [0.2, 0.25) is 6.30 Å². The van der Waals surface area contributed by atoms with Crippen LogP contribution in [-0.4, -0.2) is 5.91 Å². The summed E-state index contributed by atoms with van der Waals surface area (Å²) in [6, 6.07) is 8.55. The fourth-order valence-corrected chi connectivity index (χ4v) is 0.873. The Labute approximate surface area is 76.8 Å². The Morgan fingerprint density at radius 1 is 1.38 bits per heavy atom. The van der Waals surface area contributed by atoms with E-state index >= 15 is 0 Å². The molecule has 0 atom stereocenters. The van der Waals surface area contributed by atoms with Crippen molar-refractivity contribution in [3.63, 3.8) is 0 Å². The third kappa shape index (κ3) is 2.86. The minimum Gasteiger partial charge on any atom is -0.316 e. The van der Waals surface area contributed by atoms with Crippen LogP contribution in [0.3, 0.4) is 0 Å². The molecule has 2 nitrogen and oxygen atoms in total. The molecule has 3 heteroatoms. The van der Waals surface area contributed by atoms with E-state index in [2.05, 4.69) is 5.32 Å². The zero-order valence-corrected chi connectivity index (χ0v) is 7.38. The van der Waals surface area contributed by atoms with Gasteiger partial charge in [-0.2, -0.15) is 0 Å². The second-order valence-corrected chi connectivity index (χ2v) is 2.58. The quantitative estimate of drug-likeness (QED) is 0.710. The number of halogens is 1. The van der Waals surface area contributed by atoms with E-state index in [1.54, 1.807) is 37.3 Å². The van der Waals surface area contributed by atoms with Gasteiger partial charge < -0.3 is 5.32 Å². The molecule has 0 heterocycles. The van der Waals surface area contributed by atoms with Gasteiger partial charge in [0.05, 0.1) is 0 Å². The first-order valence-corrected chi connectivity index (χ1v) is 4.11. The lowest BCUT2D eigenvalue weighted by atomic mass is 10.2. The first-order chi connectivity index (χ1) is 6.24. The first-order valence-electron chi connectivity index (χ1n) is 4.11. The Hall–Kier alpha value is -1.38. The average molecular weight is 180 g/mol. The second kappa shape index (κ2) is 4.60. The van der Waals surface area contributed by atoms with Crippen molar-refractivity contribution in [2.24, 2.45) is 0 Å². The largest absolute Gasteiger partial charge is 0.316 e. The molecule has 0 spiro atoms. The predicted molar refractivity (Wildman–Crippen MR) is 48.6 cm³/mol. The molecular weight excluding hydrogens is 169 g/mol. The van der Waals surface area contributed by atoms with Gasteiger partial charge in [-0.05, 0) is 12.1 Å². The highest BCUT2D eigenvalue weighted by molar-refractivity contribution is 5.94. The van der Waals surface area contributed by atoms with Crippen LogP contribution in [0.4, 0.5) is 4.39 Å². The van der Waals surface area contributed by atoms with E-state index in [1.165, 1.54) is 0 Å². The number of benzene rings is 1. The maximum absolute atomic E-state index is 12.7. The van der Waals surface area contributed by atoms with Crippen molar-refractivity contribution in [1.29, 1.82) is 0 Å². The van der Waals surface area contributed by atoms with E-state index in [4.69, 9.17) is 0 Å². The van der Waals surface area contributed by atoms with Crippen molar-refractivity contribution in [2.75, 3.05) is 0 Å². The Kier molecular flexibility index (Phi) is 3.43. The smallest absolute Gasteiger partial charge is 0.253 e. The predicted octanol–water partition coefficient (Wildman–Crippen LogP) is 2.29. The second-order valence-electron chi connectivity index (χ2n) is 2.58. The fraction of sp³-hybridized carbons (Fsp3) is 0.200. The molecule has 1 radical (unpaired) electrons. The van der Waals surface area contributed by atoms with Gasteiger partial charge in [0.15, 0.2) is 0 Å². The monoisotopic (exact) mass is 180 g/mol. The van der Waals surface area contributed by atoms with E-state index in [0.29, 0.717) is 5.56 Å². The molecule has 0 aliphatic rings. The number of hydrogen-bond donors (Lipinski definition) is 1. The number of rotatable bonds is 3. The number of nitrogens with one attached hydrogen (secondary N) is 1. The van der Waals surface area contributed by atoms with Gasteiger partial charge in [-0.3, -0.25) is 4.79 Å². The van der Waals surface area contributed by atoms with Gasteiger partial charge in [0, 0.05) is 12.0 Å². The van der Waals surface area contributed by atoms with Gasteiger partial charge in [-0.25, -0.2) is 4.39 Å².